The number of aryl methyl sites for hydroxylation is 2. The first kappa shape index (κ1) is 15.8. The molecule has 1 aliphatic rings. The van der Waals surface area contributed by atoms with Crippen LogP contribution in [0.4, 0.5) is 0 Å². The van der Waals surface area contributed by atoms with Crippen LogP contribution in [0.15, 0.2) is 18.2 Å². The number of carboxylic acids is 1. The molecule has 1 saturated carbocycles. The van der Waals surface area contributed by atoms with Gasteiger partial charge in [-0.1, -0.05) is 17.7 Å². The van der Waals surface area contributed by atoms with E-state index >= 15 is 0 Å². The lowest BCUT2D eigenvalue weighted by atomic mass is 9.93. The first-order valence-electron chi connectivity index (χ1n) is 7.56. The molecule has 0 saturated heterocycles. The van der Waals surface area contributed by atoms with Crippen LogP contribution >= 0.6 is 0 Å². The molecule has 0 heterocycles. The summed E-state index contributed by atoms with van der Waals surface area (Å²) in [6.45, 7) is 8.12. The summed E-state index contributed by atoms with van der Waals surface area (Å²) >= 11 is 0. The van der Waals surface area contributed by atoms with Crippen LogP contribution in [0.3, 0.4) is 0 Å². The van der Waals surface area contributed by atoms with Crippen molar-refractivity contribution in [3.63, 3.8) is 0 Å². The molecule has 116 valence electrons. The van der Waals surface area contributed by atoms with Crippen LogP contribution in [-0.4, -0.2) is 29.3 Å². The van der Waals surface area contributed by atoms with E-state index in [2.05, 4.69) is 5.32 Å². The molecule has 0 radical (unpaired) electrons. The summed E-state index contributed by atoms with van der Waals surface area (Å²) in [6.07, 6.45) is 1.89. The molecule has 2 N–H and O–H groups in total. The van der Waals surface area contributed by atoms with Gasteiger partial charge in [-0.3, -0.25) is 10.1 Å². The van der Waals surface area contributed by atoms with Gasteiger partial charge in [-0.2, -0.15) is 0 Å². The summed E-state index contributed by atoms with van der Waals surface area (Å²) in [4.78, 5) is 11.9. The smallest absolute Gasteiger partial charge is 0.327 e. The molecule has 0 spiro atoms. The molecule has 1 aromatic carbocycles. The minimum Gasteiger partial charge on any atom is -0.491 e. The molecule has 0 aromatic heterocycles. The van der Waals surface area contributed by atoms with E-state index in [0.717, 1.165) is 24.2 Å². The Balaban J connectivity index is 2.17. The highest BCUT2D eigenvalue weighted by molar-refractivity contribution is 5.80. The molecule has 0 bridgehead atoms. The van der Waals surface area contributed by atoms with Crippen LogP contribution in [0.25, 0.3) is 0 Å². The van der Waals surface area contributed by atoms with E-state index in [1.165, 1.54) is 5.56 Å². The molecule has 4 heteroatoms. The standard InChI is InChI=1S/C17H25NO3/c1-11(2)18-17(16(19)20,14-6-7-14)10-21-15-8-5-12(3)9-13(15)4/h5,8-9,11,14,18H,6-7,10H2,1-4H3,(H,19,20). The summed E-state index contributed by atoms with van der Waals surface area (Å²) in [5.41, 5.74) is 1.23. The Morgan fingerprint density at radius 1 is 1.43 bits per heavy atom. The van der Waals surface area contributed by atoms with Crippen molar-refractivity contribution in [2.24, 2.45) is 5.92 Å². The number of aliphatic carboxylic acids is 1. The van der Waals surface area contributed by atoms with Crippen LogP contribution in [0.1, 0.15) is 37.8 Å². The average Bonchev–Trinajstić information content (AvgIpc) is 3.19. The highest BCUT2D eigenvalue weighted by atomic mass is 16.5. The SMILES string of the molecule is Cc1ccc(OCC(NC(C)C)(C(=O)O)C2CC2)c(C)c1. The van der Waals surface area contributed by atoms with Gasteiger partial charge in [0.25, 0.3) is 0 Å². The van der Waals surface area contributed by atoms with Gasteiger partial charge in [-0.25, -0.2) is 0 Å². The van der Waals surface area contributed by atoms with Crippen molar-refractivity contribution in [3.8, 4) is 5.75 Å². The Kier molecular flexibility index (Phi) is 4.57. The summed E-state index contributed by atoms with van der Waals surface area (Å²) in [5.74, 6) is 0.101. The van der Waals surface area contributed by atoms with Gasteiger partial charge < -0.3 is 9.84 Å². The van der Waals surface area contributed by atoms with E-state index in [-0.39, 0.29) is 18.6 Å². The lowest BCUT2D eigenvalue weighted by molar-refractivity contribution is -0.148. The average molecular weight is 291 g/mol. The maximum absolute atomic E-state index is 11.9. The largest absolute Gasteiger partial charge is 0.491 e. The fourth-order valence-corrected chi connectivity index (χ4v) is 2.82. The minimum atomic E-state index is -0.981. The van der Waals surface area contributed by atoms with Crippen LogP contribution < -0.4 is 10.1 Å². The number of carbonyl (C=O) groups is 1. The lowest BCUT2D eigenvalue weighted by Crippen LogP contribution is -2.60. The molecule has 1 atom stereocenters. The Hall–Kier alpha value is -1.55. The van der Waals surface area contributed by atoms with Crippen LogP contribution in [-0.2, 0) is 4.79 Å². The van der Waals surface area contributed by atoms with Crippen LogP contribution in [0.2, 0.25) is 0 Å². The van der Waals surface area contributed by atoms with E-state index < -0.39 is 11.5 Å². The van der Waals surface area contributed by atoms with Crippen LogP contribution in [0, 0.1) is 19.8 Å². The van der Waals surface area contributed by atoms with Gasteiger partial charge in [0.1, 0.15) is 12.4 Å². The normalized spacial score (nSPS) is 17.6. The quantitative estimate of drug-likeness (QED) is 0.811. The Morgan fingerprint density at radius 3 is 2.57 bits per heavy atom. The summed E-state index contributed by atoms with van der Waals surface area (Å²) in [6, 6.07) is 6.05. The zero-order valence-corrected chi connectivity index (χ0v) is 13.3. The van der Waals surface area contributed by atoms with Gasteiger partial charge in [-0.15, -0.1) is 0 Å². The van der Waals surface area contributed by atoms with Gasteiger partial charge in [-0.05, 0) is 58.1 Å². The van der Waals surface area contributed by atoms with Gasteiger partial charge in [0, 0.05) is 6.04 Å². The van der Waals surface area contributed by atoms with Crippen molar-refractivity contribution in [2.75, 3.05) is 6.61 Å². The van der Waals surface area contributed by atoms with E-state index in [0.29, 0.717) is 0 Å². The third kappa shape index (κ3) is 3.56. The van der Waals surface area contributed by atoms with Crippen molar-refractivity contribution >= 4 is 5.97 Å². The summed E-state index contributed by atoms with van der Waals surface area (Å²) < 4.78 is 5.88. The number of hydrogen-bond donors (Lipinski definition) is 2. The fourth-order valence-electron chi connectivity index (χ4n) is 2.82. The summed E-state index contributed by atoms with van der Waals surface area (Å²) in [5, 5.41) is 13.0. The summed E-state index contributed by atoms with van der Waals surface area (Å²) in [7, 11) is 0. The second-order valence-corrected chi connectivity index (χ2v) is 6.41. The van der Waals surface area contributed by atoms with Gasteiger partial charge in [0.15, 0.2) is 5.54 Å². The van der Waals surface area contributed by atoms with Crippen molar-refractivity contribution in [3.05, 3.63) is 29.3 Å². The first-order valence-corrected chi connectivity index (χ1v) is 7.56. The monoisotopic (exact) mass is 291 g/mol. The van der Waals surface area contributed by atoms with E-state index in [4.69, 9.17) is 4.74 Å². The number of hydrogen-bond acceptors (Lipinski definition) is 3. The molecular formula is C17H25NO3. The molecule has 2 rings (SSSR count). The predicted octanol–water partition coefficient (Wildman–Crippen LogP) is 2.91. The van der Waals surface area contributed by atoms with E-state index in [1.54, 1.807) is 0 Å². The molecule has 1 aromatic rings. The minimum absolute atomic E-state index is 0.101. The Bertz CT molecular complexity index is 523. The van der Waals surface area contributed by atoms with Gasteiger partial charge in [0.05, 0.1) is 0 Å². The molecule has 1 fully saturated rings. The van der Waals surface area contributed by atoms with E-state index in [9.17, 15) is 9.90 Å². The number of ether oxygens (including phenoxy) is 1. The molecular weight excluding hydrogens is 266 g/mol. The third-order valence-corrected chi connectivity index (χ3v) is 3.99. The first-order chi connectivity index (χ1) is 9.85. The molecule has 21 heavy (non-hydrogen) atoms. The molecule has 1 unspecified atom stereocenters. The van der Waals surface area contributed by atoms with Crippen molar-refractivity contribution in [1.82, 2.24) is 5.32 Å². The molecule has 0 amide bonds. The second-order valence-electron chi connectivity index (χ2n) is 6.41. The zero-order valence-electron chi connectivity index (χ0n) is 13.3. The second kappa shape index (κ2) is 6.06. The van der Waals surface area contributed by atoms with Crippen molar-refractivity contribution in [2.45, 2.75) is 52.1 Å². The third-order valence-electron chi connectivity index (χ3n) is 3.99. The Labute approximate surface area is 126 Å². The predicted molar refractivity (Wildman–Crippen MR) is 82.8 cm³/mol. The highest BCUT2D eigenvalue weighted by Crippen LogP contribution is 2.40. The maximum atomic E-state index is 11.9. The molecule has 1 aliphatic carbocycles. The number of rotatable bonds is 7. The number of nitrogens with one attached hydrogen (secondary N) is 1. The number of benzene rings is 1. The lowest BCUT2D eigenvalue weighted by Gasteiger charge is -2.33. The topological polar surface area (TPSA) is 58.6 Å². The molecule has 4 nitrogen and oxygen atoms in total. The van der Waals surface area contributed by atoms with Crippen molar-refractivity contribution < 1.29 is 14.6 Å². The van der Waals surface area contributed by atoms with E-state index in [1.807, 2.05) is 45.9 Å². The number of carboxylic acid groups (broad SMARTS) is 1. The van der Waals surface area contributed by atoms with Crippen molar-refractivity contribution in [1.29, 1.82) is 0 Å². The maximum Gasteiger partial charge on any atom is 0.327 e. The van der Waals surface area contributed by atoms with Gasteiger partial charge >= 0.3 is 5.97 Å². The molecule has 0 aliphatic heterocycles. The van der Waals surface area contributed by atoms with Gasteiger partial charge in [0.2, 0.25) is 0 Å². The fraction of sp³-hybridized carbons (Fsp3) is 0.588. The Morgan fingerprint density at radius 2 is 2.10 bits per heavy atom. The van der Waals surface area contributed by atoms with Crippen LogP contribution in [0.5, 0.6) is 5.75 Å². The highest BCUT2D eigenvalue weighted by Gasteiger charge is 2.52. The zero-order chi connectivity index (χ0) is 15.6.